The van der Waals surface area contributed by atoms with Gasteiger partial charge in [-0.2, -0.15) is 5.10 Å². The summed E-state index contributed by atoms with van der Waals surface area (Å²) < 4.78 is 1.44. The van der Waals surface area contributed by atoms with Crippen molar-refractivity contribution in [3.8, 4) is 0 Å². The number of aromatic nitrogens is 3. The Balaban J connectivity index is 1.76. The van der Waals surface area contributed by atoms with Gasteiger partial charge in [-0.3, -0.25) is 4.79 Å². The molecule has 1 aliphatic rings. The van der Waals surface area contributed by atoms with E-state index in [2.05, 4.69) is 15.3 Å². The average molecular weight is 303 g/mol. The van der Waals surface area contributed by atoms with E-state index in [4.69, 9.17) is 0 Å². The van der Waals surface area contributed by atoms with Gasteiger partial charge in [0.15, 0.2) is 5.71 Å². The predicted octanol–water partition coefficient (Wildman–Crippen LogP) is 2.08. The predicted molar refractivity (Wildman–Crippen MR) is 86.0 cm³/mol. The Morgan fingerprint density at radius 2 is 1.61 bits per heavy atom. The second kappa shape index (κ2) is 5.49. The van der Waals surface area contributed by atoms with Crippen molar-refractivity contribution in [2.24, 2.45) is 5.10 Å². The zero-order valence-corrected chi connectivity index (χ0v) is 12.2. The van der Waals surface area contributed by atoms with Crippen molar-refractivity contribution in [1.29, 1.82) is 0 Å². The molecular weight excluding hydrogens is 290 g/mol. The number of hydrogen-bond acceptors (Lipinski definition) is 4. The minimum atomic E-state index is -0.122. The van der Waals surface area contributed by atoms with Crippen LogP contribution < -0.4 is 4.90 Å². The number of para-hydroxylation sites is 1. The van der Waals surface area contributed by atoms with Crippen LogP contribution >= 0.6 is 0 Å². The summed E-state index contributed by atoms with van der Waals surface area (Å²) in [6.45, 7) is 0.512. The molecule has 0 saturated heterocycles. The topological polar surface area (TPSA) is 63.4 Å². The van der Waals surface area contributed by atoms with E-state index in [1.54, 1.807) is 4.90 Å². The summed E-state index contributed by atoms with van der Waals surface area (Å²) in [5, 5.41) is 11.8. The highest BCUT2D eigenvalue weighted by Gasteiger charge is 2.33. The number of anilines is 1. The van der Waals surface area contributed by atoms with Gasteiger partial charge in [-0.05, 0) is 11.6 Å². The van der Waals surface area contributed by atoms with Gasteiger partial charge >= 0.3 is 0 Å². The molecule has 112 valence electrons. The van der Waals surface area contributed by atoms with Crippen molar-refractivity contribution >= 4 is 17.3 Å². The first-order chi connectivity index (χ1) is 11.3. The molecule has 3 aromatic rings. The van der Waals surface area contributed by atoms with E-state index < -0.39 is 0 Å². The fraction of sp³-hybridized carbons (Fsp3) is 0.0588. The molecule has 6 heteroatoms. The van der Waals surface area contributed by atoms with Crippen LogP contribution in [0.1, 0.15) is 11.1 Å². The summed E-state index contributed by atoms with van der Waals surface area (Å²) in [4.78, 5) is 14.6. The van der Waals surface area contributed by atoms with E-state index in [-0.39, 0.29) is 5.91 Å². The zero-order valence-electron chi connectivity index (χ0n) is 12.2. The van der Waals surface area contributed by atoms with Gasteiger partial charge in [-0.1, -0.05) is 48.5 Å². The van der Waals surface area contributed by atoms with Gasteiger partial charge < -0.3 is 4.90 Å². The van der Waals surface area contributed by atoms with Crippen molar-refractivity contribution in [1.82, 2.24) is 14.9 Å². The Morgan fingerprint density at radius 3 is 2.39 bits per heavy atom. The highest BCUT2D eigenvalue weighted by Crippen LogP contribution is 2.30. The van der Waals surface area contributed by atoms with Crippen LogP contribution in [0, 0.1) is 0 Å². The van der Waals surface area contributed by atoms with Crippen LogP contribution in [-0.2, 0) is 11.3 Å². The molecule has 0 radical (unpaired) electrons. The molecule has 0 aliphatic carbocycles. The Kier molecular flexibility index (Phi) is 3.20. The minimum Gasteiger partial charge on any atom is -0.302 e. The van der Waals surface area contributed by atoms with E-state index in [9.17, 15) is 4.79 Å². The van der Waals surface area contributed by atoms with Gasteiger partial charge in [0.05, 0.1) is 12.2 Å². The molecule has 0 bridgehead atoms. The monoisotopic (exact) mass is 303 g/mol. The van der Waals surface area contributed by atoms with Crippen molar-refractivity contribution in [2.45, 2.75) is 6.54 Å². The minimum absolute atomic E-state index is 0.122. The maximum Gasteiger partial charge on any atom is 0.279 e. The smallest absolute Gasteiger partial charge is 0.279 e. The van der Waals surface area contributed by atoms with Gasteiger partial charge in [0.25, 0.3) is 5.91 Å². The van der Waals surface area contributed by atoms with Crippen molar-refractivity contribution in [3.63, 3.8) is 0 Å². The lowest BCUT2D eigenvalue weighted by atomic mass is 10.1. The van der Waals surface area contributed by atoms with Crippen molar-refractivity contribution in [3.05, 3.63) is 78.4 Å². The maximum atomic E-state index is 12.8. The molecule has 0 atom stereocenters. The Labute approximate surface area is 132 Å². The van der Waals surface area contributed by atoms with Gasteiger partial charge in [-0.15, -0.1) is 10.2 Å². The van der Waals surface area contributed by atoms with Gasteiger partial charge in [-0.25, -0.2) is 4.68 Å². The summed E-state index contributed by atoms with van der Waals surface area (Å²) in [5.41, 5.74) is 3.16. The van der Waals surface area contributed by atoms with Crippen LogP contribution in [-0.4, -0.2) is 26.5 Å². The molecule has 1 aromatic heterocycles. The van der Waals surface area contributed by atoms with E-state index in [1.165, 1.54) is 17.3 Å². The number of carbonyl (C=O) groups is 1. The summed E-state index contributed by atoms with van der Waals surface area (Å²) in [5.74, 6) is -0.122. The normalized spacial score (nSPS) is 15.2. The van der Waals surface area contributed by atoms with Crippen LogP contribution in [0.2, 0.25) is 0 Å². The molecule has 0 unspecified atom stereocenters. The van der Waals surface area contributed by atoms with E-state index in [1.807, 2.05) is 54.6 Å². The van der Waals surface area contributed by atoms with Crippen molar-refractivity contribution in [2.75, 3.05) is 4.90 Å². The first-order valence-corrected chi connectivity index (χ1v) is 7.22. The van der Waals surface area contributed by atoms with Crippen LogP contribution in [0.5, 0.6) is 0 Å². The molecule has 6 nitrogen and oxygen atoms in total. The van der Waals surface area contributed by atoms with Gasteiger partial charge in [0.1, 0.15) is 12.7 Å². The molecule has 1 aliphatic heterocycles. The maximum absolute atomic E-state index is 12.8. The van der Waals surface area contributed by atoms with Crippen LogP contribution in [0.3, 0.4) is 0 Å². The molecule has 23 heavy (non-hydrogen) atoms. The lowest BCUT2D eigenvalue weighted by Crippen LogP contribution is -2.29. The Hall–Kier alpha value is -3.28. The summed E-state index contributed by atoms with van der Waals surface area (Å²) >= 11 is 0. The van der Waals surface area contributed by atoms with E-state index in [0.29, 0.717) is 12.3 Å². The number of amides is 1. The molecule has 1 amide bonds. The quantitative estimate of drug-likeness (QED) is 0.744. The lowest BCUT2D eigenvalue weighted by Gasteiger charge is -2.16. The first-order valence-electron chi connectivity index (χ1n) is 7.22. The molecular formula is C17H13N5O. The largest absolute Gasteiger partial charge is 0.302 e. The Morgan fingerprint density at radius 1 is 0.913 bits per heavy atom. The van der Waals surface area contributed by atoms with Crippen LogP contribution in [0.15, 0.2) is 72.4 Å². The number of fused-ring (bicyclic) bond motifs is 1. The van der Waals surface area contributed by atoms with Crippen molar-refractivity contribution < 1.29 is 4.79 Å². The third-order valence-corrected chi connectivity index (χ3v) is 3.70. The van der Waals surface area contributed by atoms with Crippen LogP contribution in [0.25, 0.3) is 0 Å². The van der Waals surface area contributed by atoms with Gasteiger partial charge in [0.2, 0.25) is 0 Å². The molecule has 0 N–H and O–H groups in total. The molecule has 0 fully saturated rings. The van der Waals surface area contributed by atoms with Gasteiger partial charge in [0, 0.05) is 5.56 Å². The van der Waals surface area contributed by atoms with Crippen LogP contribution in [0.4, 0.5) is 5.69 Å². The third kappa shape index (κ3) is 2.40. The number of benzene rings is 2. The summed E-state index contributed by atoms with van der Waals surface area (Å²) in [7, 11) is 0. The second-order valence-electron chi connectivity index (χ2n) is 5.18. The fourth-order valence-corrected chi connectivity index (χ4v) is 2.64. The standard InChI is InChI=1S/C17H13N5O/c23-17-16(20-21-11-18-19-12-21)14-8-4-5-9-15(14)22(17)10-13-6-2-1-3-7-13/h1-9,11-12H,10H2. The Bertz CT molecular complexity index is 871. The molecule has 2 aromatic carbocycles. The molecule has 0 spiro atoms. The zero-order chi connectivity index (χ0) is 15.6. The third-order valence-electron chi connectivity index (χ3n) is 3.70. The van der Waals surface area contributed by atoms with E-state index in [0.717, 1.165) is 16.8 Å². The summed E-state index contributed by atoms with van der Waals surface area (Å²) in [6, 6.07) is 17.6. The fourth-order valence-electron chi connectivity index (χ4n) is 2.64. The lowest BCUT2D eigenvalue weighted by molar-refractivity contribution is -0.112. The molecule has 0 saturated carbocycles. The molecule has 4 rings (SSSR count). The number of hydrogen-bond donors (Lipinski definition) is 0. The first kappa shape index (κ1) is 13.4. The number of nitrogens with zero attached hydrogens (tertiary/aromatic N) is 5. The highest BCUT2D eigenvalue weighted by molar-refractivity contribution is 6.54. The summed E-state index contributed by atoms with van der Waals surface area (Å²) in [6.07, 6.45) is 2.92. The number of rotatable bonds is 3. The average Bonchev–Trinajstić information content (AvgIpc) is 3.19. The SMILES string of the molecule is O=C1C(=Nn2cnnc2)c2ccccc2N1Cc1ccccc1. The van der Waals surface area contributed by atoms with E-state index >= 15 is 0 Å². The number of carbonyl (C=O) groups excluding carboxylic acids is 1. The highest BCUT2D eigenvalue weighted by atomic mass is 16.2. The molecule has 2 heterocycles. The second-order valence-corrected chi connectivity index (χ2v) is 5.18.